The zero-order valence-corrected chi connectivity index (χ0v) is 29.5. The highest BCUT2D eigenvalue weighted by molar-refractivity contribution is 6.29. The number of amides is 5. The van der Waals surface area contributed by atoms with E-state index in [2.05, 4.69) is 36.4 Å². The number of carbonyl (C=O) groups is 5. The van der Waals surface area contributed by atoms with Crippen molar-refractivity contribution >= 4 is 41.1 Å². The molecule has 2 aliphatic heterocycles. The third-order valence-electron chi connectivity index (χ3n) is 8.81. The lowest BCUT2D eigenvalue weighted by Crippen LogP contribution is -2.48. The van der Waals surface area contributed by atoms with Crippen LogP contribution in [0.2, 0.25) is 5.15 Å². The van der Waals surface area contributed by atoms with Crippen LogP contribution in [0.1, 0.15) is 96.2 Å². The van der Waals surface area contributed by atoms with Gasteiger partial charge in [-0.25, -0.2) is 9.97 Å². The summed E-state index contributed by atoms with van der Waals surface area (Å²) in [5.74, 6) is -1.99. The van der Waals surface area contributed by atoms with Gasteiger partial charge in [0, 0.05) is 37.9 Å². The summed E-state index contributed by atoms with van der Waals surface area (Å²) in [6.07, 6.45) is 3.29. The van der Waals surface area contributed by atoms with E-state index in [9.17, 15) is 24.0 Å². The quantitative estimate of drug-likeness (QED) is 0.206. The predicted molar refractivity (Wildman–Crippen MR) is 183 cm³/mol. The van der Waals surface area contributed by atoms with Crippen LogP contribution in [0.3, 0.4) is 0 Å². The fraction of sp³-hybridized carbons (Fsp3) is 0.429. The lowest BCUT2D eigenvalue weighted by molar-refractivity contribution is -0.126. The molecule has 0 spiro atoms. The van der Waals surface area contributed by atoms with Crippen LogP contribution in [0.25, 0.3) is 0 Å². The minimum atomic E-state index is -1.05. The van der Waals surface area contributed by atoms with Gasteiger partial charge in [-0.05, 0) is 31.2 Å². The summed E-state index contributed by atoms with van der Waals surface area (Å²) in [7, 11) is 0. The minimum absolute atomic E-state index is 0.00513. The van der Waals surface area contributed by atoms with Crippen LogP contribution in [0.5, 0.6) is 0 Å². The summed E-state index contributed by atoms with van der Waals surface area (Å²) in [4.78, 5) is 78.1. The second kappa shape index (κ2) is 15.8. The molecule has 274 valence electrons. The van der Waals surface area contributed by atoms with E-state index in [0.29, 0.717) is 12.2 Å². The van der Waals surface area contributed by atoms with Crippen molar-refractivity contribution in [2.24, 2.45) is 5.92 Å². The van der Waals surface area contributed by atoms with Gasteiger partial charge in [0.2, 0.25) is 29.5 Å². The van der Waals surface area contributed by atoms with E-state index in [-0.39, 0.29) is 72.4 Å². The van der Waals surface area contributed by atoms with Gasteiger partial charge in [-0.15, -0.1) is 0 Å². The number of carbonyl (C=O) groups excluding carboxylic acids is 5. The zero-order chi connectivity index (χ0) is 36.9. The lowest BCUT2D eigenvalue weighted by Gasteiger charge is -2.25. The number of halogens is 1. The van der Waals surface area contributed by atoms with E-state index >= 15 is 0 Å². The topological polar surface area (TPSA) is 215 Å². The average Bonchev–Trinajstić information content (AvgIpc) is 3.93. The van der Waals surface area contributed by atoms with Crippen molar-refractivity contribution in [2.45, 2.75) is 83.1 Å². The van der Waals surface area contributed by atoms with E-state index in [1.807, 2.05) is 44.2 Å². The molecule has 1 aromatic carbocycles. The highest BCUT2D eigenvalue weighted by atomic mass is 35.5. The molecule has 0 aliphatic carbocycles. The van der Waals surface area contributed by atoms with Gasteiger partial charge < -0.3 is 39.5 Å². The van der Waals surface area contributed by atoms with E-state index in [0.717, 1.165) is 11.8 Å². The van der Waals surface area contributed by atoms with E-state index in [1.54, 1.807) is 6.92 Å². The first-order valence-electron chi connectivity index (χ1n) is 17.0. The molecular formula is C35H39ClN8O8. The Bertz CT molecular complexity index is 1920. The van der Waals surface area contributed by atoms with Crippen LogP contribution in [0.15, 0.2) is 62.3 Å². The molecule has 3 aromatic heterocycles. The van der Waals surface area contributed by atoms with E-state index < -0.39 is 53.8 Å². The monoisotopic (exact) mass is 734 g/mol. The van der Waals surface area contributed by atoms with Gasteiger partial charge in [-0.3, -0.25) is 24.0 Å². The van der Waals surface area contributed by atoms with Crippen LogP contribution < -0.4 is 21.3 Å². The Hall–Kier alpha value is -5.51. The Kier molecular flexibility index (Phi) is 11.0. The van der Waals surface area contributed by atoms with Crippen molar-refractivity contribution in [2.75, 3.05) is 6.54 Å². The molecule has 5 atom stereocenters. The second-order valence-electron chi connectivity index (χ2n) is 13.4. The number of aromatic nitrogens is 3. The maximum absolute atomic E-state index is 14.2. The highest BCUT2D eigenvalue weighted by Gasteiger charge is 2.42. The number of rotatable bonds is 8. The second-order valence-corrected chi connectivity index (χ2v) is 13.8. The summed E-state index contributed by atoms with van der Waals surface area (Å²) in [6.45, 7) is 5.46. The van der Waals surface area contributed by atoms with Crippen LogP contribution in [-0.4, -0.2) is 74.2 Å². The molecule has 0 unspecified atom stereocenters. The van der Waals surface area contributed by atoms with Gasteiger partial charge in [-0.1, -0.05) is 60.9 Å². The van der Waals surface area contributed by atoms with Crippen LogP contribution >= 0.6 is 11.6 Å². The lowest BCUT2D eigenvalue weighted by atomic mass is 10.0. The number of oxazole rings is 2. The minimum Gasteiger partial charge on any atom is -0.446 e. The summed E-state index contributed by atoms with van der Waals surface area (Å²) >= 11 is 5.82. The van der Waals surface area contributed by atoms with Crippen molar-refractivity contribution in [3.8, 4) is 0 Å². The van der Waals surface area contributed by atoms with E-state index in [4.69, 9.17) is 25.0 Å². The fourth-order valence-electron chi connectivity index (χ4n) is 6.27. The molecular weight excluding hydrogens is 696 g/mol. The Labute approximate surface area is 303 Å². The number of fused-ring (bicyclic) bond motifs is 5. The Balaban J connectivity index is 1.31. The van der Waals surface area contributed by atoms with Crippen molar-refractivity contribution in [3.63, 3.8) is 0 Å². The molecule has 52 heavy (non-hydrogen) atoms. The molecule has 1 fully saturated rings. The normalized spacial score (nSPS) is 22.6. The molecule has 2 aliphatic rings. The Morgan fingerprint density at radius 1 is 0.981 bits per heavy atom. The summed E-state index contributed by atoms with van der Waals surface area (Å²) in [5, 5.41) is 15.2. The molecule has 4 N–H and O–H groups in total. The number of nitrogens with zero attached hydrogens (tertiary/aromatic N) is 4. The zero-order valence-electron chi connectivity index (χ0n) is 28.8. The number of hydrogen-bond acceptors (Lipinski definition) is 11. The molecule has 4 bridgehead atoms. The van der Waals surface area contributed by atoms with Crippen molar-refractivity contribution < 1.29 is 37.3 Å². The van der Waals surface area contributed by atoms with Crippen molar-refractivity contribution in [3.05, 3.63) is 88.6 Å². The van der Waals surface area contributed by atoms with Gasteiger partial charge in [0.05, 0.1) is 0 Å². The maximum atomic E-state index is 14.2. The van der Waals surface area contributed by atoms with Crippen molar-refractivity contribution in [1.29, 1.82) is 0 Å². The SMILES string of the molecule is CC(C)C[C@H]1NC(=O)c2coc(n2)[C@H](Cc2ccccc2)NC(=O)[C@@H]2C[C@H](NC(=O)CCc3cc(Cl)no3)CN2C(=O)c2coc(n2)[C@@H](C)NC1=O. The number of aryl methyl sites for hydroxylation is 1. The fourth-order valence-corrected chi connectivity index (χ4v) is 6.42. The highest BCUT2D eigenvalue weighted by Crippen LogP contribution is 2.26. The molecule has 17 heteroatoms. The van der Waals surface area contributed by atoms with Gasteiger partial charge in [-0.2, -0.15) is 0 Å². The molecule has 0 radical (unpaired) electrons. The molecule has 16 nitrogen and oxygen atoms in total. The number of nitrogens with one attached hydrogen (secondary N) is 4. The van der Waals surface area contributed by atoms with Gasteiger partial charge >= 0.3 is 0 Å². The largest absolute Gasteiger partial charge is 0.446 e. The standard InChI is InChI=1S/C35H39ClN8O8/c1-18(2)11-23-30(46)37-19(3)33-42-26(17-50-33)35(49)44-15-21(38-29(45)10-9-22-14-28(36)43-52-22)13-27(44)32(48)40-24(12-20-7-5-4-6-8-20)34-41-25(16-51-34)31(47)39-23/h4-8,14,16-19,21,23-24,27H,9-13,15H2,1-3H3,(H,37,46)(H,38,45)(H,39,47)(H,40,48)/t19-,21+,23-,24+,27+/m1/s1. The number of hydrogen-bond donors (Lipinski definition) is 4. The van der Waals surface area contributed by atoms with E-state index in [1.165, 1.54) is 17.2 Å². The predicted octanol–water partition coefficient (Wildman–Crippen LogP) is 3.07. The van der Waals surface area contributed by atoms with Gasteiger partial charge in [0.1, 0.15) is 42.5 Å². The first-order valence-corrected chi connectivity index (χ1v) is 17.4. The Morgan fingerprint density at radius 3 is 2.44 bits per heavy atom. The average molecular weight is 735 g/mol. The third-order valence-corrected chi connectivity index (χ3v) is 8.99. The molecule has 4 aromatic rings. The molecule has 5 amide bonds. The molecule has 6 rings (SSSR count). The third kappa shape index (κ3) is 8.67. The summed E-state index contributed by atoms with van der Waals surface area (Å²) in [5.41, 5.74) is 0.674. The first kappa shape index (κ1) is 36.3. The van der Waals surface area contributed by atoms with Crippen LogP contribution in [0, 0.1) is 5.92 Å². The van der Waals surface area contributed by atoms with Gasteiger partial charge in [0.15, 0.2) is 16.5 Å². The maximum Gasteiger partial charge on any atom is 0.276 e. The molecule has 0 saturated carbocycles. The molecule has 5 heterocycles. The van der Waals surface area contributed by atoms with Crippen LogP contribution in [0.4, 0.5) is 0 Å². The van der Waals surface area contributed by atoms with Crippen molar-refractivity contribution in [1.82, 2.24) is 41.3 Å². The summed E-state index contributed by atoms with van der Waals surface area (Å²) < 4.78 is 16.5. The molecule has 1 saturated heterocycles. The Morgan fingerprint density at radius 2 is 1.71 bits per heavy atom. The number of benzene rings is 1. The van der Waals surface area contributed by atoms with Gasteiger partial charge in [0.25, 0.3) is 11.8 Å². The smallest absolute Gasteiger partial charge is 0.276 e. The first-order chi connectivity index (χ1) is 24.9. The van der Waals surface area contributed by atoms with Crippen LogP contribution in [-0.2, 0) is 27.2 Å². The summed E-state index contributed by atoms with van der Waals surface area (Å²) in [6, 6.07) is 6.61.